The van der Waals surface area contributed by atoms with E-state index in [-0.39, 0.29) is 11.6 Å². The van der Waals surface area contributed by atoms with E-state index in [2.05, 4.69) is 72.8 Å². The van der Waals surface area contributed by atoms with Crippen LogP contribution in [0.4, 0.5) is 0 Å². The fourth-order valence-corrected chi connectivity index (χ4v) is 7.66. The molecule has 0 radical (unpaired) electrons. The van der Waals surface area contributed by atoms with Crippen molar-refractivity contribution in [3.8, 4) is 0 Å². The van der Waals surface area contributed by atoms with Crippen LogP contribution >= 0.6 is 0 Å². The van der Waals surface area contributed by atoms with Crippen molar-refractivity contribution in [2.75, 3.05) is 0 Å². The third kappa shape index (κ3) is 3.47. The molecule has 0 aliphatic heterocycles. The zero-order valence-corrected chi connectivity index (χ0v) is 24.7. The summed E-state index contributed by atoms with van der Waals surface area (Å²) in [4.78, 5) is 28.9. The van der Waals surface area contributed by atoms with E-state index >= 15 is 0 Å². The van der Waals surface area contributed by atoms with Crippen LogP contribution in [0.3, 0.4) is 0 Å². The summed E-state index contributed by atoms with van der Waals surface area (Å²) in [5, 5.41) is 8.39. The Morgan fingerprint density at radius 3 is 0.609 bits per heavy atom. The summed E-state index contributed by atoms with van der Waals surface area (Å²) in [6.45, 7) is 0. The van der Waals surface area contributed by atoms with E-state index < -0.39 is 0 Å². The number of hydrogen-bond donors (Lipinski definition) is 0. The lowest BCUT2D eigenvalue weighted by molar-refractivity contribution is 0.102. The molecule has 2 aliphatic carbocycles. The zero-order valence-electron chi connectivity index (χ0n) is 24.7. The molecule has 0 saturated carbocycles. The van der Waals surface area contributed by atoms with Gasteiger partial charge in [0.2, 0.25) is 0 Å². The van der Waals surface area contributed by atoms with Gasteiger partial charge in [0.05, 0.1) is 0 Å². The standard InChI is InChI=1S/C44H24O2/c45-43-37-21-29-13-5-1-9-25(29)17-33(37)41(34-18-26-10-2-6-14-30(26)22-38(34)43)42-35-19-27-11-3-7-15-31(27)23-39(35)44(46)40-24-32-16-8-4-12-28(32)20-36(40)42/h1-24H. The molecule has 0 bridgehead atoms. The predicted octanol–water partition coefficient (Wildman–Crippen LogP) is 10.4. The van der Waals surface area contributed by atoms with Crippen LogP contribution in [-0.4, -0.2) is 11.6 Å². The highest BCUT2D eigenvalue weighted by atomic mass is 16.1. The first kappa shape index (κ1) is 25.2. The Morgan fingerprint density at radius 2 is 0.413 bits per heavy atom. The minimum Gasteiger partial charge on any atom is -0.289 e. The molecule has 2 aliphatic rings. The zero-order chi connectivity index (χ0) is 30.5. The molecular weight excluding hydrogens is 560 g/mol. The second-order valence-corrected chi connectivity index (χ2v) is 12.4. The molecular formula is C44H24O2. The van der Waals surface area contributed by atoms with Gasteiger partial charge < -0.3 is 0 Å². The van der Waals surface area contributed by atoms with Crippen LogP contribution in [0.1, 0.15) is 54.1 Å². The number of benzene rings is 8. The van der Waals surface area contributed by atoms with Crippen molar-refractivity contribution in [2.45, 2.75) is 0 Å². The van der Waals surface area contributed by atoms with Crippen molar-refractivity contribution in [3.05, 3.63) is 190 Å². The number of fused-ring (bicyclic) bond motifs is 8. The third-order valence-corrected chi connectivity index (χ3v) is 9.85. The van der Waals surface area contributed by atoms with Crippen molar-refractivity contribution >= 4 is 65.8 Å². The van der Waals surface area contributed by atoms with Gasteiger partial charge in [0.15, 0.2) is 11.6 Å². The molecule has 2 nitrogen and oxygen atoms in total. The van der Waals surface area contributed by atoms with Gasteiger partial charge in [0.1, 0.15) is 0 Å². The lowest BCUT2D eigenvalue weighted by Gasteiger charge is -2.30. The molecule has 0 heterocycles. The van der Waals surface area contributed by atoms with E-state index in [4.69, 9.17) is 0 Å². The molecule has 0 saturated heterocycles. The van der Waals surface area contributed by atoms with Gasteiger partial charge in [0.25, 0.3) is 0 Å². The van der Waals surface area contributed by atoms with Crippen LogP contribution in [0.15, 0.2) is 146 Å². The summed E-state index contributed by atoms with van der Waals surface area (Å²) in [6, 6.07) is 49.7. The number of carbonyl (C=O) groups is 2. The molecule has 0 aromatic heterocycles. The second kappa shape index (κ2) is 9.20. The lowest BCUT2D eigenvalue weighted by atomic mass is 9.71. The van der Waals surface area contributed by atoms with Crippen LogP contribution in [-0.2, 0) is 0 Å². The third-order valence-electron chi connectivity index (χ3n) is 9.85. The fraction of sp³-hybridized carbons (Fsp3) is 0. The summed E-state index contributed by atoms with van der Waals surface area (Å²) in [5.74, 6) is 0.0467. The minimum atomic E-state index is 0.0233. The van der Waals surface area contributed by atoms with Crippen molar-refractivity contribution in [1.29, 1.82) is 0 Å². The van der Waals surface area contributed by atoms with Crippen LogP contribution in [0.2, 0.25) is 0 Å². The highest BCUT2D eigenvalue weighted by Gasteiger charge is 2.35. The topological polar surface area (TPSA) is 34.1 Å². The summed E-state index contributed by atoms with van der Waals surface area (Å²) < 4.78 is 0. The molecule has 8 aromatic carbocycles. The van der Waals surface area contributed by atoms with E-state index in [9.17, 15) is 9.59 Å². The van der Waals surface area contributed by atoms with Gasteiger partial charge in [-0.05, 0) is 125 Å². The Kier molecular flexibility index (Phi) is 5.05. The van der Waals surface area contributed by atoms with Crippen LogP contribution < -0.4 is 0 Å². The lowest BCUT2D eigenvalue weighted by Crippen LogP contribution is -2.20. The smallest absolute Gasteiger partial charge is 0.194 e. The van der Waals surface area contributed by atoms with Gasteiger partial charge >= 0.3 is 0 Å². The maximum absolute atomic E-state index is 14.4. The fourth-order valence-electron chi connectivity index (χ4n) is 7.66. The first-order valence-corrected chi connectivity index (χ1v) is 15.6. The highest BCUT2D eigenvalue weighted by molar-refractivity contribution is 6.29. The highest BCUT2D eigenvalue weighted by Crippen LogP contribution is 2.49. The summed E-state index contributed by atoms with van der Waals surface area (Å²) in [6.07, 6.45) is 0. The number of carbonyl (C=O) groups excluding carboxylic acids is 2. The summed E-state index contributed by atoms with van der Waals surface area (Å²) >= 11 is 0. The summed E-state index contributed by atoms with van der Waals surface area (Å²) in [7, 11) is 0. The molecule has 8 aromatic rings. The molecule has 46 heavy (non-hydrogen) atoms. The second-order valence-electron chi connectivity index (χ2n) is 12.4. The van der Waals surface area contributed by atoms with Crippen molar-refractivity contribution < 1.29 is 9.59 Å². The van der Waals surface area contributed by atoms with E-state index in [0.717, 1.165) is 76.5 Å². The van der Waals surface area contributed by atoms with Gasteiger partial charge in [-0.15, -0.1) is 0 Å². The van der Waals surface area contributed by atoms with Gasteiger partial charge in [0, 0.05) is 22.3 Å². The van der Waals surface area contributed by atoms with Crippen molar-refractivity contribution in [3.63, 3.8) is 0 Å². The predicted molar refractivity (Wildman–Crippen MR) is 188 cm³/mol. The van der Waals surface area contributed by atoms with Gasteiger partial charge in [-0.2, -0.15) is 0 Å². The monoisotopic (exact) mass is 584 g/mol. The van der Waals surface area contributed by atoms with E-state index in [0.29, 0.717) is 22.3 Å². The Morgan fingerprint density at radius 1 is 0.239 bits per heavy atom. The number of rotatable bonds is 0. The normalized spacial score (nSPS) is 13.7. The Labute approximate surface area is 264 Å². The van der Waals surface area contributed by atoms with Gasteiger partial charge in [-0.3, -0.25) is 9.59 Å². The van der Waals surface area contributed by atoms with Crippen molar-refractivity contribution in [2.24, 2.45) is 0 Å². The Balaban J connectivity index is 1.45. The molecule has 212 valence electrons. The van der Waals surface area contributed by atoms with Crippen molar-refractivity contribution in [1.82, 2.24) is 0 Å². The molecule has 0 amide bonds. The minimum absolute atomic E-state index is 0.0233. The average Bonchev–Trinajstić information content (AvgIpc) is 3.10. The largest absolute Gasteiger partial charge is 0.289 e. The first-order valence-electron chi connectivity index (χ1n) is 15.6. The molecule has 0 fully saturated rings. The molecule has 10 rings (SSSR count). The Hall–Kier alpha value is -6.12. The number of hydrogen-bond acceptors (Lipinski definition) is 2. The first-order chi connectivity index (χ1) is 22.6. The van der Waals surface area contributed by atoms with E-state index in [1.807, 2.05) is 72.8 Å². The summed E-state index contributed by atoms with van der Waals surface area (Å²) in [5.41, 5.74) is 8.31. The molecule has 2 heteroatoms. The average molecular weight is 585 g/mol. The Bertz CT molecular complexity index is 2350. The molecule has 0 spiro atoms. The quantitative estimate of drug-likeness (QED) is 0.178. The maximum Gasteiger partial charge on any atom is 0.194 e. The maximum atomic E-state index is 14.4. The molecule has 0 atom stereocenters. The van der Waals surface area contributed by atoms with Crippen LogP contribution in [0.25, 0.3) is 54.2 Å². The van der Waals surface area contributed by atoms with Gasteiger partial charge in [-0.25, -0.2) is 0 Å². The number of ketones is 2. The van der Waals surface area contributed by atoms with E-state index in [1.54, 1.807) is 0 Å². The van der Waals surface area contributed by atoms with Crippen LogP contribution in [0.5, 0.6) is 0 Å². The van der Waals surface area contributed by atoms with Gasteiger partial charge in [-0.1, -0.05) is 97.1 Å². The molecule has 0 unspecified atom stereocenters. The molecule has 0 N–H and O–H groups in total. The van der Waals surface area contributed by atoms with Crippen LogP contribution in [0, 0.1) is 0 Å². The SMILES string of the molecule is O=C1c2cc3ccccc3cc2C(=C2c3cc4ccccc4cc3C(=O)c3cc4ccccc4cc32)c2cc3ccccc3cc21. The van der Waals surface area contributed by atoms with E-state index in [1.165, 1.54) is 0 Å².